The van der Waals surface area contributed by atoms with E-state index in [1.54, 1.807) is 0 Å². The molecule has 2 aliphatic rings. The Bertz CT molecular complexity index is 434. The van der Waals surface area contributed by atoms with E-state index in [2.05, 4.69) is 63.2 Å². The molecule has 2 rings (SSSR count). The summed E-state index contributed by atoms with van der Waals surface area (Å²) in [4.78, 5) is 2.21. The van der Waals surface area contributed by atoms with Gasteiger partial charge in [-0.05, 0) is 46.2 Å². The Balaban J connectivity index is 1.80. The van der Waals surface area contributed by atoms with E-state index in [-0.39, 0.29) is 30.5 Å². The Labute approximate surface area is 157 Å². The largest absolute Gasteiger partial charge is 0.355 e. The van der Waals surface area contributed by atoms with Crippen LogP contribution in [0, 0.1) is 0 Å². The summed E-state index contributed by atoms with van der Waals surface area (Å²) in [5.41, 5.74) is 0. The van der Waals surface area contributed by atoms with Gasteiger partial charge in [0.25, 0.3) is 0 Å². The quantitative estimate of drug-likeness (QED) is 0.585. The second-order valence-corrected chi connectivity index (χ2v) is 7.79. The van der Waals surface area contributed by atoms with Crippen molar-refractivity contribution in [3.05, 3.63) is 10.6 Å². The van der Waals surface area contributed by atoms with E-state index in [1.807, 2.05) is 0 Å². The number of hydrogen-bond acceptors (Lipinski definition) is 5. The van der Waals surface area contributed by atoms with Crippen LogP contribution in [0.2, 0.25) is 0 Å². The van der Waals surface area contributed by atoms with E-state index < -0.39 is 6.61 Å². The fourth-order valence-electron chi connectivity index (χ4n) is 3.18. The Morgan fingerprint density at radius 2 is 1.96 bits per heavy atom. The molecular formula is C17H30BrF2N3O2. The fourth-order valence-corrected chi connectivity index (χ4v) is 3.71. The average molecular weight is 426 g/mol. The molecule has 2 N–H and O–H groups in total. The third kappa shape index (κ3) is 6.84. The van der Waals surface area contributed by atoms with Gasteiger partial charge in [0.1, 0.15) is 6.23 Å². The minimum atomic E-state index is -2.68. The molecule has 0 aromatic carbocycles. The Hall–Kier alpha value is -0.120. The summed E-state index contributed by atoms with van der Waals surface area (Å²) in [6.45, 7) is 3.39. The van der Waals surface area contributed by atoms with Gasteiger partial charge in [-0.25, -0.2) is 0 Å². The molecule has 1 saturated carbocycles. The third-order valence-electron chi connectivity index (χ3n) is 4.92. The van der Waals surface area contributed by atoms with Gasteiger partial charge in [-0.15, -0.1) is 0 Å². The van der Waals surface area contributed by atoms with Gasteiger partial charge in [-0.1, -0.05) is 28.9 Å². The van der Waals surface area contributed by atoms with Gasteiger partial charge in [0.2, 0.25) is 0 Å². The van der Waals surface area contributed by atoms with E-state index in [0.717, 1.165) is 30.5 Å². The zero-order valence-corrected chi connectivity index (χ0v) is 16.8. The Morgan fingerprint density at radius 1 is 1.32 bits per heavy atom. The standard InChI is InChI=1S/C17H30BrF2N3O2/c1-4-23(3)10-21-15-9-14(18)16(22-11(15)2)24-12-5-7-13(8-6-12)25-17(19)20/h9,11-13,15-17,21-22H,4-8,10H2,1-3H3/t11?,12?,13?,15-,16+/m0/s1. The first-order chi connectivity index (χ1) is 11.9. The van der Waals surface area contributed by atoms with Crippen LogP contribution in [0.15, 0.2) is 10.6 Å². The van der Waals surface area contributed by atoms with Crippen LogP contribution < -0.4 is 10.6 Å². The van der Waals surface area contributed by atoms with Crippen LogP contribution in [-0.2, 0) is 9.47 Å². The third-order valence-corrected chi connectivity index (χ3v) is 5.60. The van der Waals surface area contributed by atoms with Crippen molar-refractivity contribution in [2.24, 2.45) is 0 Å². The first kappa shape index (κ1) is 21.2. The lowest BCUT2D eigenvalue weighted by atomic mass is 9.95. The van der Waals surface area contributed by atoms with E-state index >= 15 is 0 Å². The number of hydrogen-bond donors (Lipinski definition) is 2. The monoisotopic (exact) mass is 425 g/mol. The highest BCUT2D eigenvalue weighted by Gasteiger charge is 2.31. The topological polar surface area (TPSA) is 45.8 Å². The fraction of sp³-hybridized carbons (Fsp3) is 0.882. The van der Waals surface area contributed by atoms with Crippen LogP contribution in [0.1, 0.15) is 39.5 Å². The van der Waals surface area contributed by atoms with Crippen LogP contribution in [0.5, 0.6) is 0 Å². The van der Waals surface area contributed by atoms with Gasteiger partial charge in [0.05, 0.1) is 12.2 Å². The minimum absolute atomic E-state index is 0.0684. The molecule has 8 heteroatoms. The molecule has 1 aliphatic heterocycles. The van der Waals surface area contributed by atoms with Crippen molar-refractivity contribution in [3.8, 4) is 0 Å². The maximum Gasteiger partial charge on any atom is 0.345 e. The highest BCUT2D eigenvalue weighted by molar-refractivity contribution is 9.11. The minimum Gasteiger partial charge on any atom is -0.355 e. The van der Waals surface area contributed by atoms with Crippen molar-refractivity contribution in [1.29, 1.82) is 0 Å². The first-order valence-corrected chi connectivity index (χ1v) is 9.82. The lowest BCUT2D eigenvalue weighted by molar-refractivity contribution is -0.177. The predicted octanol–water partition coefficient (Wildman–Crippen LogP) is 3.02. The van der Waals surface area contributed by atoms with E-state index in [4.69, 9.17) is 4.74 Å². The van der Waals surface area contributed by atoms with Crippen molar-refractivity contribution in [3.63, 3.8) is 0 Å². The van der Waals surface area contributed by atoms with Crippen molar-refractivity contribution in [1.82, 2.24) is 15.5 Å². The van der Waals surface area contributed by atoms with Gasteiger partial charge >= 0.3 is 6.61 Å². The lowest BCUT2D eigenvalue weighted by Gasteiger charge is -2.37. The molecule has 1 heterocycles. The molecular weight excluding hydrogens is 396 g/mol. The molecule has 146 valence electrons. The molecule has 0 spiro atoms. The molecule has 25 heavy (non-hydrogen) atoms. The molecule has 0 aromatic heterocycles. The average Bonchev–Trinajstić information content (AvgIpc) is 2.57. The second kappa shape index (κ2) is 10.3. The summed E-state index contributed by atoms with van der Waals surface area (Å²) in [6.07, 6.45) is 4.41. The van der Waals surface area contributed by atoms with Crippen molar-refractivity contribution in [2.75, 3.05) is 20.3 Å². The summed E-state index contributed by atoms with van der Waals surface area (Å²) in [6, 6.07) is 0.452. The van der Waals surface area contributed by atoms with Crippen LogP contribution in [0.25, 0.3) is 0 Å². The van der Waals surface area contributed by atoms with Gasteiger partial charge < -0.3 is 9.47 Å². The molecule has 5 nitrogen and oxygen atoms in total. The van der Waals surface area contributed by atoms with Gasteiger partial charge in [-0.2, -0.15) is 8.78 Å². The summed E-state index contributed by atoms with van der Waals surface area (Å²) < 4.78 is 36.3. The Morgan fingerprint density at radius 3 is 2.56 bits per heavy atom. The zero-order valence-electron chi connectivity index (χ0n) is 15.2. The molecule has 1 unspecified atom stereocenters. The highest BCUT2D eigenvalue weighted by atomic mass is 79.9. The molecule has 1 aliphatic carbocycles. The second-order valence-electron chi connectivity index (χ2n) is 6.88. The summed E-state index contributed by atoms with van der Waals surface area (Å²) >= 11 is 3.61. The summed E-state index contributed by atoms with van der Waals surface area (Å²) in [5.74, 6) is 0. The molecule has 0 saturated heterocycles. The zero-order chi connectivity index (χ0) is 18.4. The van der Waals surface area contributed by atoms with Crippen molar-refractivity contribution >= 4 is 15.9 Å². The van der Waals surface area contributed by atoms with Crippen LogP contribution >= 0.6 is 15.9 Å². The number of ether oxygens (including phenoxy) is 2. The summed E-state index contributed by atoms with van der Waals surface area (Å²) in [5, 5.41) is 6.99. The maximum atomic E-state index is 12.3. The lowest BCUT2D eigenvalue weighted by Crippen LogP contribution is -2.55. The molecule has 0 bridgehead atoms. The SMILES string of the molecule is CCN(C)CN[C@H]1C=C(Br)[C@@H](OC2CCC(OC(F)F)CC2)NC1C. The number of rotatable bonds is 8. The highest BCUT2D eigenvalue weighted by Crippen LogP contribution is 2.28. The number of halogens is 3. The van der Waals surface area contributed by atoms with Gasteiger partial charge in [0, 0.05) is 23.2 Å². The first-order valence-electron chi connectivity index (χ1n) is 9.03. The molecule has 0 amide bonds. The van der Waals surface area contributed by atoms with Crippen LogP contribution in [0.3, 0.4) is 0 Å². The predicted molar refractivity (Wildman–Crippen MR) is 97.7 cm³/mol. The Kier molecular flexibility index (Phi) is 8.71. The number of nitrogens with one attached hydrogen (secondary N) is 2. The van der Waals surface area contributed by atoms with E-state index in [0.29, 0.717) is 12.8 Å². The molecule has 0 radical (unpaired) electrons. The van der Waals surface area contributed by atoms with Crippen molar-refractivity contribution < 1.29 is 18.3 Å². The van der Waals surface area contributed by atoms with Crippen molar-refractivity contribution in [2.45, 2.75) is 76.7 Å². The number of nitrogens with zero attached hydrogens (tertiary/aromatic N) is 1. The molecule has 0 aromatic rings. The van der Waals surface area contributed by atoms with Gasteiger partial charge in [-0.3, -0.25) is 15.5 Å². The maximum absolute atomic E-state index is 12.3. The number of alkyl halides is 2. The molecule has 3 atom stereocenters. The molecule has 1 fully saturated rings. The van der Waals surface area contributed by atoms with E-state index in [9.17, 15) is 8.78 Å². The van der Waals surface area contributed by atoms with Crippen LogP contribution in [0.4, 0.5) is 8.78 Å². The van der Waals surface area contributed by atoms with E-state index in [1.165, 1.54) is 0 Å². The smallest absolute Gasteiger partial charge is 0.345 e. The van der Waals surface area contributed by atoms with Crippen LogP contribution in [-0.4, -0.2) is 62.3 Å². The summed E-state index contributed by atoms with van der Waals surface area (Å²) in [7, 11) is 2.08. The normalized spacial score (nSPS) is 33.8. The van der Waals surface area contributed by atoms with Gasteiger partial charge in [0.15, 0.2) is 0 Å².